The fourth-order valence-corrected chi connectivity index (χ4v) is 2.63. The number of methoxy groups -OCH3 is 1. The van der Waals surface area contributed by atoms with Crippen molar-refractivity contribution in [2.24, 2.45) is 5.41 Å². The van der Waals surface area contributed by atoms with Gasteiger partial charge in [0.25, 0.3) is 5.91 Å². The quantitative estimate of drug-likeness (QED) is 0.793. The number of carbonyl (C=O) groups is 1. The van der Waals surface area contributed by atoms with E-state index >= 15 is 0 Å². The smallest absolute Gasteiger partial charge is 0.251 e. The lowest BCUT2D eigenvalue weighted by Gasteiger charge is -2.23. The van der Waals surface area contributed by atoms with Gasteiger partial charge in [0.1, 0.15) is 5.75 Å². The first-order chi connectivity index (χ1) is 8.89. The highest BCUT2D eigenvalue weighted by Crippen LogP contribution is 2.25. The van der Waals surface area contributed by atoms with E-state index in [4.69, 9.17) is 16.3 Å². The number of alkyl halides is 1. The van der Waals surface area contributed by atoms with Crippen molar-refractivity contribution < 1.29 is 9.53 Å². The van der Waals surface area contributed by atoms with Crippen LogP contribution >= 0.6 is 27.5 Å². The fourth-order valence-electron chi connectivity index (χ4n) is 1.57. The number of halogens is 2. The monoisotopic (exact) mass is 347 g/mol. The zero-order chi connectivity index (χ0) is 14.5. The topological polar surface area (TPSA) is 38.3 Å². The summed E-state index contributed by atoms with van der Waals surface area (Å²) in [6.07, 6.45) is 0.862. The van der Waals surface area contributed by atoms with E-state index in [2.05, 4.69) is 35.1 Å². The molecule has 1 aromatic rings. The maximum atomic E-state index is 12.0. The Kier molecular flexibility index (Phi) is 6.14. The first kappa shape index (κ1) is 16.3. The molecule has 0 bridgehead atoms. The summed E-state index contributed by atoms with van der Waals surface area (Å²) in [6, 6.07) is 5.26. The first-order valence-electron chi connectivity index (χ1n) is 6.07. The van der Waals surface area contributed by atoms with Gasteiger partial charge in [0.05, 0.1) is 11.6 Å². The summed E-state index contributed by atoms with van der Waals surface area (Å²) in [5.41, 5.74) is 0.607. The van der Waals surface area contributed by atoms with Crippen LogP contribution in [0.4, 0.5) is 0 Å². The van der Waals surface area contributed by atoms with Gasteiger partial charge in [-0.15, -0.1) is 11.6 Å². The standard InChI is InChI=1S/C14H19BrClNO2/c1-14(2,6-7-16)9-17-13(18)10-4-5-12(19-3)11(15)8-10/h4-5,8H,6-7,9H2,1-3H3,(H,17,18). The van der Waals surface area contributed by atoms with Crippen molar-refractivity contribution >= 4 is 33.4 Å². The lowest BCUT2D eigenvalue weighted by atomic mass is 9.90. The van der Waals surface area contributed by atoms with Gasteiger partial charge < -0.3 is 10.1 Å². The Balaban J connectivity index is 2.66. The van der Waals surface area contributed by atoms with Crippen LogP contribution in [0.1, 0.15) is 30.6 Å². The van der Waals surface area contributed by atoms with E-state index in [1.165, 1.54) is 0 Å². The lowest BCUT2D eigenvalue weighted by Crippen LogP contribution is -2.34. The van der Waals surface area contributed by atoms with Crippen molar-refractivity contribution in [3.63, 3.8) is 0 Å². The van der Waals surface area contributed by atoms with Gasteiger partial charge in [0, 0.05) is 18.0 Å². The highest BCUT2D eigenvalue weighted by Gasteiger charge is 2.18. The third-order valence-corrected chi connectivity index (χ3v) is 3.72. The minimum atomic E-state index is -0.0917. The highest BCUT2D eigenvalue weighted by molar-refractivity contribution is 9.10. The number of rotatable bonds is 6. The fraction of sp³-hybridized carbons (Fsp3) is 0.500. The third kappa shape index (κ3) is 5.03. The summed E-state index contributed by atoms with van der Waals surface area (Å²) in [7, 11) is 1.59. The van der Waals surface area contributed by atoms with Crippen LogP contribution in [0.25, 0.3) is 0 Å². The molecule has 0 radical (unpaired) electrons. The Labute approximate surface area is 127 Å². The Bertz CT molecular complexity index is 449. The molecule has 106 valence electrons. The van der Waals surface area contributed by atoms with Gasteiger partial charge >= 0.3 is 0 Å². The molecule has 0 heterocycles. The summed E-state index contributed by atoms with van der Waals surface area (Å²) < 4.78 is 5.90. The minimum Gasteiger partial charge on any atom is -0.496 e. The molecule has 0 spiro atoms. The molecule has 1 aromatic carbocycles. The predicted octanol–water partition coefficient (Wildman–Crippen LogP) is 3.84. The zero-order valence-electron chi connectivity index (χ0n) is 11.4. The number of hydrogen-bond acceptors (Lipinski definition) is 2. The summed E-state index contributed by atoms with van der Waals surface area (Å²) in [4.78, 5) is 12.0. The third-order valence-electron chi connectivity index (χ3n) is 2.91. The van der Waals surface area contributed by atoms with Crippen LogP contribution in [0, 0.1) is 5.41 Å². The van der Waals surface area contributed by atoms with Crippen molar-refractivity contribution in [1.29, 1.82) is 0 Å². The molecule has 1 N–H and O–H groups in total. The number of amides is 1. The second kappa shape index (κ2) is 7.15. The van der Waals surface area contributed by atoms with Crippen LogP contribution in [0.15, 0.2) is 22.7 Å². The van der Waals surface area contributed by atoms with E-state index in [0.717, 1.165) is 10.9 Å². The second-order valence-electron chi connectivity index (χ2n) is 5.14. The zero-order valence-corrected chi connectivity index (χ0v) is 13.8. The van der Waals surface area contributed by atoms with E-state index in [1.54, 1.807) is 25.3 Å². The molecule has 0 aliphatic heterocycles. The highest BCUT2D eigenvalue weighted by atomic mass is 79.9. The van der Waals surface area contributed by atoms with Crippen LogP contribution in [-0.2, 0) is 0 Å². The molecule has 0 fully saturated rings. The average Bonchev–Trinajstić information content (AvgIpc) is 2.36. The molecule has 19 heavy (non-hydrogen) atoms. The van der Waals surface area contributed by atoms with Gasteiger partial charge in [0.15, 0.2) is 0 Å². The first-order valence-corrected chi connectivity index (χ1v) is 7.40. The van der Waals surface area contributed by atoms with Gasteiger partial charge in [-0.1, -0.05) is 13.8 Å². The van der Waals surface area contributed by atoms with Crippen LogP contribution < -0.4 is 10.1 Å². The maximum absolute atomic E-state index is 12.0. The summed E-state index contributed by atoms with van der Waals surface area (Å²) >= 11 is 9.11. The molecular formula is C14H19BrClNO2. The molecule has 0 saturated heterocycles. The Morgan fingerprint density at radius 2 is 2.16 bits per heavy atom. The van der Waals surface area contributed by atoms with Crippen molar-refractivity contribution in [2.45, 2.75) is 20.3 Å². The van der Waals surface area contributed by atoms with E-state index in [0.29, 0.717) is 23.7 Å². The second-order valence-corrected chi connectivity index (χ2v) is 6.37. The van der Waals surface area contributed by atoms with Gasteiger partial charge in [-0.2, -0.15) is 0 Å². The van der Waals surface area contributed by atoms with Crippen LogP contribution in [0.3, 0.4) is 0 Å². The largest absolute Gasteiger partial charge is 0.496 e. The van der Waals surface area contributed by atoms with Gasteiger partial charge in [-0.05, 0) is 46.0 Å². The molecule has 0 aliphatic rings. The number of nitrogens with one attached hydrogen (secondary N) is 1. The Morgan fingerprint density at radius 1 is 1.47 bits per heavy atom. The molecule has 5 heteroatoms. The predicted molar refractivity (Wildman–Crippen MR) is 82.1 cm³/mol. The normalized spacial score (nSPS) is 11.2. The summed E-state index contributed by atoms with van der Waals surface area (Å²) in [5.74, 6) is 1.21. The molecule has 0 aromatic heterocycles. The molecule has 1 amide bonds. The van der Waals surface area contributed by atoms with Crippen molar-refractivity contribution in [3.8, 4) is 5.75 Å². The van der Waals surface area contributed by atoms with Gasteiger partial charge in [-0.3, -0.25) is 4.79 Å². The SMILES string of the molecule is COc1ccc(C(=O)NCC(C)(C)CCCl)cc1Br. The van der Waals surface area contributed by atoms with Crippen molar-refractivity contribution in [3.05, 3.63) is 28.2 Å². The number of carbonyl (C=O) groups excluding carboxylic acids is 1. The number of hydrogen-bond donors (Lipinski definition) is 1. The molecule has 0 unspecified atom stereocenters. The Morgan fingerprint density at radius 3 is 2.68 bits per heavy atom. The number of ether oxygens (including phenoxy) is 1. The van der Waals surface area contributed by atoms with E-state index < -0.39 is 0 Å². The van der Waals surface area contributed by atoms with Crippen molar-refractivity contribution in [2.75, 3.05) is 19.5 Å². The Hall–Kier alpha value is -0.740. The van der Waals surface area contributed by atoms with Crippen LogP contribution in [0.5, 0.6) is 5.75 Å². The lowest BCUT2D eigenvalue weighted by molar-refractivity contribution is 0.0935. The average molecular weight is 349 g/mol. The van der Waals surface area contributed by atoms with Crippen LogP contribution in [-0.4, -0.2) is 25.4 Å². The molecule has 0 atom stereocenters. The molecule has 1 rings (SSSR count). The molecule has 0 aliphatic carbocycles. The minimum absolute atomic E-state index is 0.00110. The summed E-state index contributed by atoms with van der Waals surface area (Å²) in [5, 5.41) is 2.93. The van der Waals surface area contributed by atoms with E-state index in [9.17, 15) is 4.79 Å². The number of benzene rings is 1. The van der Waals surface area contributed by atoms with E-state index in [1.807, 2.05) is 0 Å². The van der Waals surface area contributed by atoms with Crippen LogP contribution in [0.2, 0.25) is 0 Å². The van der Waals surface area contributed by atoms with Gasteiger partial charge in [-0.25, -0.2) is 0 Å². The molecule has 0 saturated carbocycles. The molecule has 3 nitrogen and oxygen atoms in total. The van der Waals surface area contributed by atoms with Crippen molar-refractivity contribution in [1.82, 2.24) is 5.32 Å². The van der Waals surface area contributed by atoms with Gasteiger partial charge in [0.2, 0.25) is 0 Å². The molecular weight excluding hydrogens is 330 g/mol. The maximum Gasteiger partial charge on any atom is 0.251 e. The van der Waals surface area contributed by atoms with E-state index in [-0.39, 0.29) is 11.3 Å². The summed E-state index contributed by atoms with van der Waals surface area (Å²) in [6.45, 7) is 4.77.